The van der Waals surface area contributed by atoms with Crippen molar-refractivity contribution in [3.05, 3.63) is 75.6 Å². The van der Waals surface area contributed by atoms with Gasteiger partial charge in [0.1, 0.15) is 0 Å². The molecule has 4 nitrogen and oxygen atoms in total. The van der Waals surface area contributed by atoms with Crippen LogP contribution >= 0.6 is 35.1 Å². The molecule has 0 bridgehead atoms. The first-order valence-electron chi connectivity index (χ1n) is 8.83. The molecule has 0 unspecified atom stereocenters. The minimum absolute atomic E-state index is 0.00904. The van der Waals surface area contributed by atoms with Crippen molar-refractivity contribution in [1.82, 2.24) is 4.90 Å². The highest BCUT2D eigenvalue weighted by Gasteiger charge is 2.32. The number of halogens is 1. The Hall–Kier alpha value is -2.15. The number of benzene rings is 2. The number of aliphatic imine (C=N–C) groups is 1. The molecule has 4 rings (SSSR count). The topological polar surface area (TPSA) is 35.9 Å². The maximum Gasteiger partial charge on any atom is 0.266 e. The first kappa shape index (κ1) is 19.2. The molecule has 2 aliphatic heterocycles. The van der Waals surface area contributed by atoms with Crippen LogP contribution in [0.25, 0.3) is 0 Å². The summed E-state index contributed by atoms with van der Waals surface area (Å²) in [4.78, 5) is 23.0. The molecule has 0 atom stereocenters. The van der Waals surface area contributed by atoms with Gasteiger partial charge in [0.2, 0.25) is 0 Å². The van der Waals surface area contributed by atoms with E-state index in [-0.39, 0.29) is 5.91 Å². The number of likely N-dealkylation sites (N-methyl/N-ethyl adjacent to an activating group) is 1. The standard InChI is InChI=1S/C21H18ClN3OS2/c1-3-25-20(26)18(28-21(25)23-15-7-5-4-6-8-15)11-12-19-24(2)16-13-14(22)9-10-17(16)27-19/h4-13H,3H2,1-2H3. The van der Waals surface area contributed by atoms with Crippen molar-refractivity contribution in [2.24, 2.45) is 4.99 Å². The van der Waals surface area contributed by atoms with E-state index < -0.39 is 0 Å². The summed E-state index contributed by atoms with van der Waals surface area (Å²) in [7, 11) is 2.00. The van der Waals surface area contributed by atoms with Gasteiger partial charge in [0.15, 0.2) is 5.17 Å². The van der Waals surface area contributed by atoms with Crippen LogP contribution < -0.4 is 4.90 Å². The molecule has 0 aliphatic carbocycles. The summed E-state index contributed by atoms with van der Waals surface area (Å²) in [6.07, 6.45) is 3.87. The molecular formula is C21H18ClN3OS2. The van der Waals surface area contributed by atoms with E-state index in [1.54, 1.807) is 16.7 Å². The van der Waals surface area contributed by atoms with Gasteiger partial charge in [0.25, 0.3) is 5.91 Å². The summed E-state index contributed by atoms with van der Waals surface area (Å²) in [6.45, 7) is 2.55. The molecule has 142 valence electrons. The lowest BCUT2D eigenvalue weighted by Gasteiger charge is -2.13. The van der Waals surface area contributed by atoms with Crippen LogP contribution in [0.1, 0.15) is 6.92 Å². The Balaban J connectivity index is 1.59. The summed E-state index contributed by atoms with van der Waals surface area (Å²) < 4.78 is 0. The predicted octanol–water partition coefficient (Wildman–Crippen LogP) is 5.89. The second-order valence-corrected chi connectivity index (χ2v) is 8.70. The van der Waals surface area contributed by atoms with Crippen molar-refractivity contribution in [2.75, 3.05) is 18.5 Å². The fourth-order valence-corrected chi connectivity index (χ4v) is 5.13. The Labute approximate surface area is 178 Å². The number of allylic oxidation sites excluding steroid dienone is 2. The van der Waals surface area contributed by atoms with E-state index in [0.717, 1.165) is 21.3 Å². The molecule has 1 saturated heterocycles. The summed E-state index contributed by atoms with van der Waals surface area (Å²) in [5, 5.41) is 2.48. The first-order chi connectivity index (χ1) is 13.6. The number of hydrogen-bond acceptors (Lipinski definition) is 5. The largest absolute Gasteiger partial charge is 0.338 e. The second-order valence-electron chi connectivity index (χ2n) is 6.19. The number of carbonyl (C=O) groups excluding carboxylic acids is 1. The second kappa shape index (κ2) is 8.07. The molecule has 1 fully saturated rings. The maximum atomic E-state index is 12.8. The van der Waals surface area contributed by atoms with Crippen LogP contribution in [0, 0.1) is 0 Å². The van der Waals surface area contributed by atoms with Gasteiger partial charge in [0.05, 0.1) is 21.3 Å². The summed E-state index contributed by atoms with van der Waals surface area (Å²) >= 11 is 9.19. The van der Waals surface area contributed by atoms with Gasteiger partial charge in [-0.15, -0.1) is 0 Å². The molecule has 0 aromatic heterocycles. The normalized spacial score (nSPS) is 20.7. The molecule has 7 heteroatoms. The molecule has 0 spiro atoms. The maximum absolute atomic E-state index is 12.8. The summed E-state index contributed by atoms with van der Waals surface area (Å²) in [6, 6.07) is 15.6. The minimum Gasteiger partial charge on any atom is -0.338 e. The van der Waals surface area contributed by atoms with Crippen LogP contribution in [0.5, 0.6) is 0 Å². The monoisotopic (exact) mass is 427 g/mol. The third kappa shape index (κ3) is 3.72. The van der Waals surface area contributed by atoms with E-state index in [1.807, 2.05) is 74.7 Å². The molecule has 2 aliphatic rings. The van der Waals surface area contributed by atoms with E-state index in [4.69, 9.17) is 11.6 Å². The van der Waals surface area contributed by atoms with Crippen LogP contribution in [-0.4, -0.2) is 29.6 Å². The Bertz CT molecular complexity index is 1020. The number of para-hydroxylation sites is 1. The highest BCUT2D eigenvalue weighted by Crippen LogP contribution is 2.46. The van der Waals surface area contributed by atoms with Gasteiger partial charge in [-0.1, -0.05) is 41.6 Å². The number of amides is 1. The number of anilines is 1. The van der Waals surface area contributed by atoms with Gasteiger partial charge < -0.3 is 4.90 Å². The lowest BCUT2D eigenvalue weighted by atomic mass is 10.3. The Morgan fingerprint density at radius 2 is 1.89 bits per heavy atom. The van der Waals surface area contributed by atoms with Crippen molar-refractivity contribution in [2.45, 2.75) is 11.8 Å². The molecular weight excluding hydrogens is 410 g/mol. The van der Waals surface area contributed by atoms with Crippen LogP contribution in [0.3, 0.4) is 0 Å². The third-order valence-corrected chi connectivity index (χ3v) is 6.83. The quantitative estimate of drug-likeness (QED) is 0.572. The van der Waals surface area contributed by atoms with Gasteiger partial charge in [-0.05, 0) is 61.2 Å². The Kier molecular flexibility index (Phi) is 5.53. The molecule has 1 amide bonds. The first-order valence-corrected chi connectivity index (χ1v) is 10.8. The van der Waals surface area contributed by atoms with Crippen LogP contribution in [0.4, 0.5) is 11.4 Å². The smallest absolute Gasteiger partial charge is 0.266 e. The zero-order chi connectivity index (χ0) is 19.7. The number of hydrogen-bond donors (Lipinski definition) is 0. The third-order valence-electron chi connectivity index (χ3n) is 4.39. The highest BCUT2D eigenvalue weighted by molar-refractivity contribution is 8.18. The molecule has 0 saturated carbocycles. The number of rotatable bonds is 3. The lowest BCUT2D eigenvalue weighted by molar-refractivity contribution is -0.122. The molecule has 28 heavy (non-hydrogen) atoms. The number of amidine groups is 1. The van der Waals surface area contributed by atoms with E-state index in [9.17, 15) is 4.79 Å². The minimum atomic E-state index is -0.00904. The van der Waals surface area contributed by atoms with E-state index >= 15 is 0 Å². The van der Waals surface area contributed by atoms with E-state index in [2.05, 4.69) is 9.89 Å². The summed E-state index contributed by atoms with van der Waals surface area (Å²) in [5.74, 6) is -0.00904. The summed E-state index contributed by atoms with van der Waals surface area (Å²) in [5.41, 5.74) is 1.92. The lowest BCUT2D eigenvalue weighted by Crippen LogP contribution is -2.28. The van der Waals surface area contributed by atoms with Gasteiger partial charge in [0, 0.05) is 23.5 Å². The number of thioether (sulfide) groups is 2. The molecule has 0 radical (unpaired) electrons. The molecule has 0 N–H and O–H groups in total. The zero-order valence-corrected chi connectivity index (χ0v) is 17.8. The number of fused-ring (bicyclic) bond motifs is 1. The zero-order valence-electron chi connectivity index (χ0n) is 15.4. The van der Waals surface area contributed by atoms with Crippen molar-refractivity contribution in [3.63, 3.8) is 0 Å². The Morgan fingerprint density at radius 1 is 1.11 bits per heavy atom. The van der Waals surface area contributed by atoms with Crippen LogP contribution in [0.2, 0.25) is 5.02 Å². The van der Waals surface area contributed by atoms with Gasteiger partial charge in [-0.25, -0.2) is 4.99 Å². The number of carbonyl (C=O) groups is 1. The Morgan fingerprint density at radius 3 is 2.64 bits per heavy atom. The molecule has 2 aromatic carbocycles. The fraction of sp³-hybridized carbons (Fsp3) is 0.143. The van der Waals surface area contributed by atoms with Crippen LogP contribution in [0.15, 0.2) is 80.5 Å². The van der Waals surface area contributed by atoms with E-state index in [0.29, 0.717) is 21.6 Å². The van der Waals surface area contributed by atoms with Crippen molar-refractivity contribution in [1.29, 1.82) is 0 Å². The average Bonchev–Trinajstić information content (AvgIpc) is 3.17. The SMILES string of the molecule is CCN1C(=O)C(=CC=C2Sc3ccc(Cl)cc3N2C)SC1=Nc1ccccc1. The van der Waals surface area contributed by atoms with Gasteiger partial charge >= 0.3 is 0 Å². The average molecular weight is 428 g/mol. The van der Waals surface area contributed by atoms with E-state index in [1.165, 1.54) is 11.8 Å². The van der Waals surface area contributed by atoms with Crippen molar-refractivity contribution < 1.29 is 4.79 Å². The van der Waals surface area contributed by atoms with Crippen LogP contribution in [-0.2, 0) is 4.79 Å². The predicted molar refractivity (Wildman–Crippen MR) is 120 cm³/mol. The van der Waals surface area contributed by atoms with Gasteiger partial charge in [-0.3, -0.25) is 9.69 Å². The molecule has 2 heterocycles. The highest BCUT2D eigenvalue weighted by atomic mass is 35.5. The number of nitrogens with zero attached hydrogens (tertiary/aromatic N) is 3. The van der Waals surface area contributed by atoms with Crippen molar-refractivity contribution in [3.8, 4) is 0 Å². The van der Waals surface area contributed by atoms with Crippen molar-refractivity contribution >= 4 is 57.6 Å². The molecule has 2 aromatic rings. The fourth-order valence-electron chi connectivity index (χ4n) is 2.93. The van der Waals surface area contributed by atoms with Gasteiger partial charge in [-0.2, -0.15) is 0 Å².